The molecule has 146 valence electrons. The quantitative estimate of drug-likeness (QED) is 0.307. The zero-order valence-electron chi connectivity index (χ0n) is 17.5. The van der Waals surface area contributed by atoms with Crippen LogP contribution in [0.15, 0.2) is 115 Å². The van der Waals surface area contributed by atoms with Gasteiger partial charge in [0.2, 0.25) is 5.75 Å². The third-order valence-electron chi connectivity index (χ3n) is 6.60. The van der Waals surface area contributed by atoms with Gasteiger partial charge >= 0.3 is 6.35 Å². The molecule has 2 heteroatoms. The van der Waals surface area contributed by atoms with Crippen molar-refractivity contribution in [1.82, 2.24) is 0 Å². The molecule has 4 aromatic carbocycles. The molecule has 0 amide bonds. The first-order chi connectivity index (χ1) is 14.7. The zero-order valence-corrected chi connectivity index (χ0v) is 17.5. The molecule has 0 bridgehead atoms. The molecule has 0 unspecified atom stereocenters. The lowest BCUT2D eigenvalue weighted by Gasteiger charge is -2.55. The third kappa shape index (κ3) is 2.64. The summed E-state index contributed by atoms with van der Waals surface area (Å²) in [6, 6.07) is 41.4. The Morgan fingerprint density at radius 1 is 0.567 bits per heavy atom. The van der Waals surface area contributed by atoms with Gasteiger partial charge in [0.15, 0.2) is 0 Å². The minimum Gasteiger partial charge on any atom is -0.810 e. The summed E-state index contributed by atoms with van der Waals surface area (Å²) < 4.78 is 3.61. The highest BCUT2D eigenvalue weighted by Gasteiger charge is 2.50. The fourth-order valence-electron chi connectivity index (χ4n) is 5.33. The van der Waals surface area contributed by atoms with E-state index in [1.807, 2.05) is 0 Å². The lowest BCUT2D eigenvalue weighted by Crippen LogP contribution is -2.66. The van der Waals surface area contributed by atoms with Crippen LogP contribution in [-0.4, -0.2) is 13.5 Å². The summed E-state index contributed by atoms with van der Waals surface area (Å²) in [6.07, 6.45) is -1.45. The van der Waals surface area contributed by atoms with Crippen molar-refractivity contribution in [2.75, 3.05) is 7.11 Å². The highest BCUT2D eigenvalue weighted by atomic mass is 16.6. The van der Waals surface area contributed by atoms with Crippen LogP contribution in [0, 0.1) is 0 Å². The van der Waals surface area contributed by atoms with Crippen molar-refractivity contribution in [3.63, 3.8) is 0 Å². The van der Waals surface area contributed by atoms with Crippen molar-refractivity contribution in [3.05, 3.63) is 126 Å². The largest absolute Gasteiger partial charge is 0.810 e. The molecule has 0 radical (unpaired) electrons. The van der Waals surface area contributed by atoms with E-state index in [1.165, 1.54) is 38.8 Å². The normalized spacial score (nSPS) is 15.1. The van der Waals surface area contributed by atoms with Crippen molar-refractivity contribution in [3.8, 4) is 5.75 Å². The molecule has 0 atom stereocenters. The lowest BCUT2D eigenvalue weighted by molar-refractivity contribution is 0.173. The first-order valence-electron chi connectivity index (χ1n) is 10.5. The Hall–Kier alpha value is -3.52. The number of para-hydroxylation sites is 1. The van der Waals surface area contributed by atoms with E-state index in [0.717, 1.165) is 0 Å². The van der Waals surface area contributed by atoms with Crippen LogP contribution in [0.25, 0.3) is 11.0 Å². The van der Waals surface area contributed by atoms with Crippen LogP contribution in [-0.2, 0) is 4.28 Å². The number of hydrogen-bond acceptors (Lipinski definition) is 0. The minimum atomic E-state index is -1.45. The van der Waals surface area contributed by atoms with E-state index in [1.54, 1.807) is 0 Å². The predicted octanol–water partition coefficient (Wildman–Crippen LogP) is 5.83. The van der Waals surface area contributed by atoms with Gasteiger partial charge in [-0.3, -0.25) is 0 Å². The SMILES string of the molecule is CC1=C(c2ccccc2)[B-](c2ccccc2)(c2ccccc2)[O+](C)c2ccccc21. The van der Waals surface area contributed by atoms with Gasteiger partial charge in [-0.25, -0.2) is 0 Å². The highest BCUT2D eigenvalue weighted by molar-refractivity contribution is 7.12. The van der Waals surface area contributed by atoms with Crippen molar-refractivity contribution in [2.45, 2.75) is 6.92 Å². The molecule has 0 spiro atoms. The second kappa shape index (κ2) is 7.38. The molecular weight excluding hydrogens is 363 g/mol. The molecule has 5 rings (SSSR count). The number of benzene rings is 4. The van der Waals surface area contributed by atoms with Crippen LogP contribution >= 0.6 is 0 Å². The standard InChI is InChI=1S/C28H25BO/c1-22-26-20-12-13-21-27(26)30(2)29(24-16-8-4-9-17-24,25-18-10-5-11-19-25)28(22)23-14-6-3-7-15-23/h3-21H,1-2H3. The molecule has 0 aromatic heterocycles. The molecule has 0 saturated carbocycles. The molecule has 0 saturated heterocycles. The van der Waals surface area contributed by atoms with Crippen LogP contribution in [0.3, 0.4) is 0 Å². The molecule has 0 aliphatic carbocycles. The molecule has 1 aliphatic rings. The van der Waals surface area contributed by atoms with Gasteiger partial charge < -0.3 is 4.28 Å². The monoisotopic (exact) mass is 388 g/mol. The summed E-state index contributed by atoms with van der Waals surface area (Å²) in [4.78, 5) is 0. The summed E-state index contributed by atoms with van der Waals surface area (Å²) >= 11 is 0. The van der Waals surface area contributed by atoms with Crippen molar-refractivity contribution in [1.29, 1.82) is 0 Å². The topological polar surface area (TPSA) is 2.70 Å². The van der Waals surface area contributed by atoms with E-state index in [2.05, 4.69) is 134 Å². The fourth-order valence-corrected chi connectivity index (χ4v) is 5.33. The molecular formula is C28H25BO. The smallest absolute Gasteiger partial charge is 0.414 e. The van der Waals surface area contributed by atoms with Gasteiger partial charge in [0, 0.05) is 6.07 Å². The van der Waals surface area contributed by atoms with E-state index in [-0.39, 0.29) is 0 Å². The number of rotatable bonds is 3. The second-order valence-corrected chi connectivity index (χ2v) is 8.07. The predicted molar refractivity (Wildman–Crippen MR) is 130 cm³/mol. The van der Waals surface area contributed by atoms with Crippen molar-refractivity contribution < 1.29 is 4.28 Å². The van der Waals surface area contributed by atoms with Gasteiger partial charge in [-0.15, -0.1) is 10.9 Å². The van der Waals surface area contributed by atoms with Gasteiger partial charge in [0.25, 0.3) is 0 Å². The minimum absolute atomic E-state index is 1.20. The lowest BCUT2D eigenvalue weighted by atomic mass is 9.25. The molecule has 1 heterocycles. The van der Waals surface area contributed by atoms with Crippen LogP contribution in [0.1, 0.15) is 18.1 Å². The Morgan fingerprint density at radius 2 is 1.03 bits per heavy atom. The summed E-state index contributed by atoms with van der Waals surface area (Å²) in [7, 11) is 2.17. The summed E-state index contributed by atoms with van der Waals surface area (Å²) in [5.41, 5.74) is 7.81. The summed E-state index contributed by atoms with van der Waals surface area (Å²) in [5.74, 6) is 1.20. The van der Waals surface area contributed by atoms with Gasteiger partial charge in [-0.05, 0) is 13.0 Å². The van der Waals surface area contributed by atoms with Crippen molar-refractivity contribution in [2.24, 2.45) is 0 Å². The maximum atomic E-state index is 3.61. The molecule has 30 heavy (non-hydrogen) atoms. The number of hydrogen-bond donors (Lipinski definition) is 0. The van der Waals surface area contributed by atoms with Gasteiger partial charge in [-0.2, -0.15) is 0 Å². The van der Waals surface area contributed by atoms with E-state index >= 15 is 0 Å². The maximum Gasteiger partial charge on any atom is 0.414 e. The Morgan fingerprint density at radius 3 is 1.60 bits per heavy atom. The van der Waals surface area contributed by atoms with E-state index < -0.39 is 6.35 Å². The van der Waals surface area contributed by atoms with Gasteiger partial charge in [-0.1, -0.05) is 120 Å². The van der Waals surface area contributed by atoms with Crippen LogP contribution in [0.5, 0.6) is 5.75 Å². The Bertz CT molecular complexity index is 1160. The van der Waals surface area contributed by atoms with Crippen LogP contribution in [0.4, 0.5) is 0 Å². The number of fused-ring (bicyclic) bond motifs is 1. The van der Waals surface area contributed by atoms with E-state index in [0.29, 0.717) is 0 Å². The zero-order chi connectivity index (χ0) is 20.6. The Balaban J connectivity index is 1.97. The average Bonchev–Trinajstić information content (AvgIpc) is 2.83. The fraction of sp³-hybridized carbons (Fsp3) is 0.0714. The maximum absolute atomic E-state index is 3.61. The second-order valence-electron chi connectivity index (χ2n) is 8.07. The van der Waals surface area contributed by atoms with E-state index in [4.69, 9.17) is 0 Å². The van der Waals surface area contributed by atoms with E-state index in [9.17, 15) is 0 Å². The highest BCUT2D eigenvalue weighted by Crippen LogP contribution is 2.49. The molecule has 1 aliphatic heterocycles. The summed E-state index contributed by atoms with van der Waals surface area (Å²) in [5, 5.41) is 0. The Kier molecular flexibility index (Phi) is 4.56. The average molecular weight is 388 g/mol. The molecule has 0 N–H and O–H groups in total. The van der Waals surface area contributed by atoms with Crippen LogP contribution in [0.2, 0.25) is 0 Å². The molecule has 0 fully saturated rings. The summed E-state index contributed by atoms with van der Waals surface area (Å²) in [6.45, 7) is 2.27. The first kappa shape index (κ1) is 18.5. The molecule has 1 nitrogen and oxygen atoms in total. The van der Waals surface area contributed by atoms with Gasteiger partial charge in [0.05, 0.1) is 5.56 Å². The number of allylic oxidation sites excluding steroid dienone is 1. The van der Waals surface area contributed by atoms with Crippen molar-refractivity contribution >= 4 is 28.3 Å². The molecule has 4 aromatic rings. The first-order valence-corrected chi connectivity index (χ1v) is 10.5. The van der Waals surface area contributed by atoms with Gasteiger partial charge in [0.1, 0.15) is 7.11 Å². The van der Waals surface area contributed by atoms with Crippen LogP contribution < -0.4 is 10.9 Å². The Labute approximate surface area is 178 Å². The third-order valence-corrected chi connectivity index (χ3v) is 6.60.